The first-order valence-corrected chi connectivity index (χ1v) is 5.61. The normalized spacial score (nSPS) is 13.2. The molecule has 0 unspecified atom stereocenters. The highest BCUT2D eigenvalue weighted by atomic mass is 35.5. The van der Waals surface area contributed by atoms with Crippen molar-refractivity contribution in [2.24, 2.45) is 11.1 Å². The number of halogens is 2. The highest BCUT2D eigenvalue weighted by Crippen LogP contribution is 2.39. The third-order valence-electron chi connectivity index (χ3n) is 2.88. The number of nitrogens with two attached hydrogens (primary N) is 1. The number of hydrogen-bond donors (Lipinski definition) is 2. The number of ether oxygens (including phenoxy) is 1. The lowest BCUT2D eigenvalue weighted by Crippen LogP contribution is -2.37. The fourth-order valence-electron chi connectivity index (χ4n) is 1.60. The van der Waals surface area contributed by atoms with Crippen LogP contribution < -0.4 is 5.73 Å². The molecule has 1 atom stereocenters. The van der Waals surface area contributed by atoms with Gasteiger partial charge in [0.2, 0.25) is 0 Å². The lowest BCUT2D eigenvalue weighted by molar-refractivity contribution is -0.152. The largest absolute Gasteiger partial charge is 0.506 e. The Morgan fingerprint density at radius 3 is 2.61 bits per heavy atom. The van der Waals surface area contributed by atoms with E-state index in [0.29, 0.717) is 0 Å². The summed E-state index contributed by atoms with van der Waals surface area (Å²) < 4.78 is 17.9. The highest BCUT2D eigenvalue weighted by Gasteiger charge is 2.38. The Kier molecular flexibility index (Phi) is 4.19. The van der Waals surface area contributed by atoms with Crippen LogP contribution in [0.15, 0.2) is 12.1 Å². The zero-order chi connectivity index (χ0) is 14.1. The number of phenolic OH excluding ortho intramolecular Hbond substituents is 1. The first-order chi connectivity index (χ1) is 8.21. The van der Waals surface area contributed by atoms with E-state index in [1.165, 1.54) is 7.11 Å². The maximum absolute atomic E-state index is 13.3. The van der Waals surface area contributed by atoms with Gasteiger partial charge < -0.3 is 15.6 Å². The van der Waals surface area contributed by atoms with E-state index in [0.717, 1.165) is 12.1 Å². The van der Waals surface area contributed by atoms with Gasteiger partial charge in [0, 0.05) is 11.6 Å². The van der Waals surface area contributed by atoms with E-state index in [2.05, 4.69) is 4.74 Å². The Morgan fingerprint density at radius 1 is 1.56 bits per heavy atom. The molecular weight excluding hydrogens is 261 g/mol. The van der Waals surface area contributed by atoms with E-state index in [4.69, 9.17) is 17.3 Å². The molecule has 0 aromatic heterocycles. The van der Waals surface area contributed by atoms with E-state index >= 15 is 0 Å². The van der Waals surface area contributed by atoms with Gasteiger partial charge in [0.05, 0.1) is 17.5 Å². The molecule has 4 nitrogen and oxygen atoms in total. The molecule has 0 amide bonds. The van der Waals surface area contributed by atoms with E-state index in [1.807, 2.05) is 0 Å². The lowest BCUT2D eigenvalue weighted by Gasteiger charge is -2.29. The maximum atomic E-state index is 13.3. The standard InChI is InChI=1S/C12H15ClFNO3/c1-12(2,11(17)18-3)10(15)7-4-6(14)5-8(13)9(7)16/h4-5,10,16H,15H2,1-3H3/t10-/m1/s1. The minimum Gasteiger partial charge on any atom is -0.506 e. The number of aromatic hydroxyl groups is 1. The Balaban J connectivity index is 3.26. The van der Waals surface area contributed by atoms with Crippen LogP contribution in [-0.4, -0.2) is 18.2 Å². The van der Waals surface area contributed by atoms with E-state index < -0.39 is 23.2 Å². The average Bonchev–Trinajstić information content (AvgIpc) is 2.31. The monoisotopic (exact) mass is 275 g/mol. The van der Waals surface area contributed by atoms with Crippen LogP contribution in [0.3, 0.4) is 0 Å². The molecule has 1 aromatic carbocycles. The number of methoxy groups -OCH3 is 1. The first kappa shape index (κ1) is 14.7. The molecule has 100 valence electrons. The van der Waals surface area contributed by atoms with Gasteiger partial charge in [-0.15, -0.1) is 0 Å². The second-order valence-corrected chi connectivity index (χ2v) is 4.92. The molecule has 1 aromatic rings. The van der Waals surface area contributed by atoms with Gasteiger partial charge in [-0.3, -0.25) is 4.79 Å². The zero-order valence-corrected chi connectivity index (χ0v) is 11.1. The summed E-state index contributed by atoms with van der Waals surface area (Å²) in [4.78, 5) is 11.6. The third-order valence-corrected chi connectivity index (χ3v) is 3.17. The summed E-state index contributed by atoms with van der Waals surface area (Å²) in [7, 11) is 1.23. The number of benzene rings is 1. The van der Waals surface area contributed by atoms with E-state index in [9.17, 15) is 14.3 Å². The smallest absolute Gasteiger partial charge is 0.313 e. The SMILES string of the molecule is COC(=O)C(C)(C)[C@H](N)c1cc(F)cc(Cl)c1O. The Hall–Kier alpha value is -1.33. The summed E-state index contributed by atoms with van der Waals surface area (Å²) in [5.41, 5.74) is 4.85. The number of esters is 1. The molecule has 3 N–H and O–H groups in total. The number of carbonyl (C=O) groups excluding carboxylic acids is 1. The van der Waals surface area contributed by atoms with Crippen LogP contribution in [0.4, 0.5) is 4.39 Å². The fraction of sp³-hybridized carbons (Fsp3) is 0.417. The molecule has 18 heavy (non-hydrogen) atoms. The summed E-state index contributed by atoms with van der Waals surface area (Å²) in [6, 6.07) is 1.08. The average molecular weight is 276 g/mol. The van der Waals surface area contributed by atoms with Crippen LogP contribution in [0.1, 0.15) is 25.5 Å². The molecule has 0 saturated heterocycles. The van der Waals surface area contributed by atoms with Gasteiger partial charge in [-0.25, -0.2) is 4.39 Å². The Labute approximate surface area is 109 Å². The molecule has 0 saturated carbocycles. The van der Waals surface area contributed by atoms with Gasteiger partial charge >= 0.3 is 5.97 Å². The van der Waals surface area contributed by atoms with Crippen molar-refractivity contribution in [1.82, 2.24) is 0 Å². The summed E-state index contributed by atoms with van der Waals surface area (Å²) in [6.45, 7) is 3.09. The quantitative estimate of drug-likeness (QED) is 0.831. The van der Waals surface area contributed by atoms with Crippen molar-refractivity contribution in [3.8, 4) is 5.75 Å². The number of rotatable bonds is 3. The lowest BCUT2D eigenvalue weighted by atomic mass is 9.80. The fourth-order valence-corrected chi connectivity index (χ4v) is 1.82. The molecule has 0 aliphatic rings. The number of hydrogen-bond acceptors (Lipinski definition) is 4. The van der Waals surface area contributed by atoms with Crippen LogP contribution in [0.25, 0.3) is 0 Å². The molecule has 0 radical (unpaired) electrons. The van der Waals surface area contributed by atoms with Crippen molar-refractivity contribution >= 4 is 17.6 Å². The van der Waals surface area contributed by atoms with Gasteiger partial charge in [-0.2, -0.15) is 0 Å². The highest BCUT2D eigenvalue weighted by molar-refractivity contribution is 6.32. The summed E-state index contributed by atoms with van der Waals surface area (Å²) in [6.07, 6.45) is 0. The Morgan fingerprint density at radius 2 is 2.11 bits per heavy atom. The van der Waals surface area contributed by atoms with Gasteiger partial charge in [-0.1, -0.05) is 11.6 Å². The van der Waals surface area contributed by atoms with Crippen molar-refractivity contribution in [2.45, 2.75) is 19.9 Å². The van der Waals surface area contributed by atoms with Crippen molar-refractivity contribution < 1.29 is 19.0 Å². The van der Waals surface area contributed by atoms with Gasteiger partial charge in [-0.05, 0) is 26.0 Å². The second-order valence-electron chi connectivity index (χ2n) is 4.52. The molecule has 0 heterocycles. The third kappa shape index (κ3) is 2.57. The molecule has 6 heteroatoms. The van der Waals surface area contributed by atoms with Gasteiger partial charge in [0.15, 0.2) is 0 Å². The summed E-state index contributed by atoms with van der Waals surface area (Å²) >= 11 is 5.66. The predicted molar refractivity (Wildman–Crippen MR) is 65.8 cm³/mol. The summed E-state index contributed by atoms with van der Waals surface area (Å²) in [5, 5.41) is 9.63. The van der Waals surface area contributed by atoms with Crippen LogP contribution in [0.2, 0.25) is 5.02 Å². The number of carbonyl (C=O) groups is 1. The zero-order valence-electron chi connectivity index (χ0n) is 10.3. The molecular formula is C12H15ClFNO3. The molecule has 0 spiro atoms. The van der Waals surface area contributed by atoms with Crippen LogP contribution in [0, 0.1) is 11.2 Å². The maximum Gasteiger partial charge on any atom is 0.313 e. The molecule has 0 bridgehead atoms. The molecule has 1 rings (SSSR count). The summed E-state index contributed by atoms with van der Waals surface area (Å²) in [5.74, 6) is -1.53. The number of phenols is 1. The predicted octanol–water partition coefficient (Wildman–Crippen LogP) is 2.38. The van der Waals surface area contributed by atoms with Crippen molar-refractivity contribution in [3.63, 3.8) is 0 Å². The van der Waals surface area contributed by atoms with Gasteiger partial charge in [0.25, 0.3) is 0 Å². The molecule has 0 aliphatic carbocycles. The molecule has 0 aliphatic heterocycles. The van der Waals surface area contributed by atoms with E-state index in [1.54, 1.807) is 13.8 Å². The van der Waals surface area contributed by atoms with Crippen LogP contribution >= 0.6 is 11.6 Å². The van der Waals surface area contributed by atoms with Crippen molar-refractivity contribution in [2.75, 3.05) is 7.11 Å². The minimum absolute atomic E-state index is 0.0652. The topological polar surface area (TPSA) is 72.5 Å². The van der Waals surface area contributed by atoms with Crippen LogP contribution in [-0.2, 0) is 9.53 Å². The Bertz CT molecular complexity index is 477. The van der Waals surface area contributed by atoms with Crippen LogP contribution in [0.5, 0.6) is 5.75 Å². The molecule has 0 fully saturated rings. The van der Waals surface area contributed by atoms with Crippen molar-refractivity contribution in [1.29, 1.82) is 0 Å². The second kappa shape index (κ2) is 5.12. The first-order valence-electron chi connectivity index (χ1n) is 5.23. The van der Waals surface area contributed by atoms with E-state index in [-0.39, 0.29) is 16.3 Å². The minimum atomic E-state index is -1.12. The van der Waals surface area contributed by atoms with Gasteiger partial charge in [0.1, 0.15) is 11.6 Å². The van der Waals surface area contributed by atoms with Crippen molar-refractivity contribution in [3.05, 3.63) is 28.5 Å².